The van der Waals surface area contributed by atoms with E-state index in [0.29, 0.717) is 17.2 Å². The Morgan fingerprint density at radius 1 is 1.06 bits per heavy atom. The molecule has 0 bridgehead atoms. The van der Waals surface area contributed by atoms with Crippen molar-refractivity contribution in [2.24, 2.45) is 0 Å². The fourth-order valence-corrected chi connectivity index (χ4v) is 4.29. The number of aromatic nitrogens is 2. The Morgan fingerprint density at radius 3 is 2.47 bits per heavy atom. The summed E-state index contributed by atoms with van der Waals surface area (Å²) in [5.74, 6) is 0.660. The average molecular weight is 456 g/mol. The highest BCUT2D eigenvalue weighted by atomic mass is 35.5. The first-order valence-electron chi connectivity index (χ1n) is 10.1. The van der Waals surface area contributed by atoms with E-state index in [9.17, 15) is 10.1 Å². The van der Waals surface area contributed by atoms with Crippen LogP contribution in [0.5, 0.6) is 11.5 Å². The van der Waals surface area contributed by atoms with E-state index in [1.54, 1.807) is 0 Å². The number of halogens is 1. The molecule has 0 radical (unpaired) electrons. The maximum atomic E-state index is 11.7. The van der Waals surface area contributed by atoms with Gasteiger partial charge < -0.3 is 13.9 Å². The summed E-state index contributed by atoms with van der Waals surface area (Å²) < 4.78 is 16.6. The summed E-state index contributed by atoms with van der Waals surface area (Å²) in [7, 11) is 2.85. The van der Waals surface area contributed by atoms with Gasteiger partial charge in [-0.05, 0) is 67.5 Å². The quantitative estimate of drug-likeness (QED) is 0.358. The van der Waals surface area contributed by atoms with Crippen molar-refractivity contribution >= 4 is 27.9 Å². The van der Waals surface area contributed by atoms with Crippen molar-refractivity contribution in [1.29, 1.82) is 0 Å². The fraction of sp³-hybridized carbons (Fsp3) is 0.304. The first kappa shape index (κ1) is 21.8. The summed E-state index contributed by atoms with van der Waals surface area (Å²) >= 11 is 6.82. The molecule has 0 spiro atoms. The van der Waals surface area contributed by atoms with Crippen LogP contribution in [-0.4, -0.2) is 29.3 Å². The van der Waals surface area contributed by atoms with Gasteiger partial charge >= 0.3 is 0 Å². The molecule has 9 heteroatoms. The highest BCUT2D eigenvalue weighted by Crippen LogP contribution is 2.45. The summed E-state index contributed by atoms with van der Waals surface area (Å²) in [5, 5.41) is 20.5. The number of methoxy groups -OCH3 is 2. The lowest BCUT2D eigenvalue weighted by Gasteiger charge is -2.11. The highest BCUT2D eigenvalue weighted by molar-refractivity contribution is 6.52. The van der Waals surface area contributed by atoms with E-state index in [4.69, 9.17) is 25.5 Å². The van der Waals surface area contributed by atoms with Gasteiger partial charge in [0.25, 0.3) is 11.6 Å². The molecule has 1 heterocycles. The lowest BCUT2D eigenvalue weighted by atomic mass is 9.98. The molecule has 0 fully saturated rings. The molecule has 0 aliphatic heterocycles. The van der Waals surface area contributed by atoms with E-state index in [0.717, 1.165) is 29.5 Å². The molecular weight excluding hydrogens is 434 g/mol. The van der Waals surface area contributed by atoms with Crippen LogP contribution in [0.15, 0.2) is 28.7 Å². The van der Waals surface area contributed by atoms with E-state index in [1.807, 2.05) is 6.92 Å². The molecule has 4 rings (SSSR count). The summed E-state index contributed by atoms with van der Waals surface area (Å²) in [6.45, 7) is 4.13. The van der Waals surface area contributed by atoms with E-state index < -0.39 is 4.92 Å². The van der Waals surface area contributed by atoms with E-state index in [1.165, 1.54) is 37.5 Å². The molecule has 0 amide bonds. The Labute approximate surface area is 190 Å². The molecule has 1 aliphatic rings. The van der Waals surface area contributed by atoms with Crippen LogP contribution in [0.2, 0.25) is 0 Å². The molecule has 0 saturated heterocycles. The summed E-state index contributed by atoms with van der Waals surface area (Å²) in [4.78, 5) is 11.1. The number of nitro benzene ring substituents is 1. The average Bonchev–Trinajstić information content (AvgIpc) is 3.20. The molecule has 1 aliphatic carbocycles. The Hall–Kier alpha value is -3.39. The Kier molecular flexibility index (Phi) is 5.88. The van der Waals surface area contributed by atoms with E-state index >= 15 is 0 Å². The Morgan fingerprint density at radius 2 is 1.78 bits per heavy atom. The molecule has 3 aromatic rings. The molecule has 0 saturated carbocycles. The number of fused-ring (bicyclic) bond motifs is 1. The molecule has 0 N–H and O–H groups in total. The van der Waals surface area contributed by atoms with E-state index in [-0.39, 0.29) is 28.8 Å². The molecule has 166 valence electrons. The summed E-state index contributed by atoms with van der Waals surface area (Å²) in [5.41, 5.74) is 5.05. The lowest BCUT2D eigenvalue weighted by molar-refractivity contribution is -0.384. The monoisotopic (exact) mass is 455 g/mol. The number of nitro groups is 1. The zero-order chi connectivity index (χ0) is 23.0. The maximum Gasteiger partial charge on any atom is 0.286 e. The fourth-order valence-electron chi connectivity index (χ4n) is 3.94. The van der Waals surface area contributed by atoms with Gasteiger partial charge in [0, 0.05) is 11.6 Å². The molecule has 0 unspecified atom stereocenters. The van der Waals surface area contributed by atoms with Crippen LogP contribution in [0, 0.1) is 24.0 Å². The minimum Gasteiger partial charge on any atom is -0.493 e. The van der Waals surface area contributed by atoms with Gasteiger partial charge in [-0.25, -0.2) is 0 Å². The minimum absolute atomic E-state index is 0.0380. The summed E-state index contributed by atoms with van der Waals surface area (Å²) in [6.07, 6.45) is 2.39. The number of aryl methyl sites for hydroxylation is 3. The van der Waals surface area contributed by atoms with Crippen molar-refractivity contribution in [3.05, 3.63) is 62.5 Å². The zero-order valence-electron chi connectivity index (χ0n) is 18.2. The van der Waals surface area contributed by atoms with Gasteiger partial charge in [0.2, 0.25) is 5.89 Å². The predicted molar refractivity (Wildman–Crippen MR) is 121 cm³/mol. The van der Waals surface area contributed by atoms with Crippen LogP contribution < -0.4 is 9.47 Å². The van der Waals surface area contributed by atoms with Gasteiger partial charge in [0.05, 0.1) is 24.2 Å². The standard InChI is InChI=1S/C23H22ClN3O5/c1-12-10-14-6-5-7-15(20(24)16(14)11-13(12)2)22-25-26-23(32-22)19-17(27(28)29)8-9-18(30-3)21(19)31-4/h8-11H,5-7H2,1-4H3. The third kappa shape index (κ3) is 3.71. The second kappa shape index (κ2) is 8.63. The number of nitrogens with zero attached hydrogens (tertiary/aromatic N) is 3. The third-order valence-electron chi connectivity index (χ3n) is 5.71. The number of hydrogen-bond acceptors (Lipinski definition) is 7. The number of allylic oxidation sites excluding steroid dienone is 1. The number of rotatable bonds is 5. The smallest absolute Gasteiger partial charge is 0.286 e. The van der Waals surface area contributed by atoms with Crippen LogP contribution >= 0.6 is 11.6 Å². The lowest BCUT2D eigenvalue weighted by Crippen LogP contribution is -1.98. The minimum atomic E-state index is -0.527. The maximum absolute atomic E-state index is 11.7. The van der Waals surface area contributed by atoms with Gasteiger partial charge in [-0.1, -0.05) is 17.7 Å². The van der Waals surface area contributed by atoms with Crippen LogP contribution in [0.1, 0.15) is 41.0 Å². The predicted octanol–water partition coefficient (Wildman–Crippen LogP) is 5.72. The summed E-state index contributed by atoms with van der Waals surface area (Å²) in [6, 6.07) is 7.02. The van der Waals surface area contributed by atoms with Crippen LogP contribution in [0.25, 0.3) is 22.1 Å². The molecule has 32 heavy (non-hydrogen) atoms. The van der Waals surface area contributed by atoms with Crippen LogP contribution in [0.4, 0.5) is 5.69 Å². The molecular formula is C23H22ClN3O5. The third-order valence-corrected chi connectivity index (χ3v) is 6.14. The van der Waals surface area contributed by atoms with Crippen molar-refractivity contribution < 1.29 is 18.8 Å². The van der Waals surface area contributed by atoms with Gasteiger partial charge in [-0.3, -0.25) is 10.1 Å². The van der Waals surface area contributed by atoms with Crippen molar-refractivity contribution in [1.82, 2.24) is 10.2 Å². The topological polar surface area (TPSA) is 101 Å². The largest absolute Gasteiger partial charge is 0.493 e. The molecule has 1 aromatic heterocycles. The van der Waals surface area contributed by atoms with E-state index in [2.05, 4.69) is 29.3 Å². The van der Waals surface area contributed by atoms with Crippen molar-refractivity contribution in [2.75, 3.05) is 14.2 Å². The van der Waals surface area contributed by atoms with Crippen molar-refractivity contribution in [2.45, 2.75) is 33.1 Å². The molecule has 2 aromatic carbocycles. The number of hydrogen-bond donors (Lipinski definition) is 0. The van der Waals surface area contributed by atoms with Crippen molar-refractivity contribution in [3.8, 4) is 23.0 Å². The van der Waals surface area contributed by atoms with Crippen LogP contribution in [0.3, 0.4) is 0 Å². The Bertz CT molecular complexity index is 1250. The van der Waals surface area contributed by atoms with Gasteiger partial charge in [-0.15, -0.1) is 10.2 Å². The Balaban J connectivity index is 1.86. The number of benzene rings is 2. The zero-order valence-corrected chi connectivity index (χ0v) is 18.9. The highest BCUT2D eigenvalue weighted by Gasteiger charge is 2.30. The van der Waals surface area contributed by atoms with Gasteiger partial charge in [0.15, 0.2) is 17.1 Å². The van der Waals surface area contributed by atoms with Crippen LogP contribution in [-0.2, 0) is 6.42 Å². The van der Waals surface area contributed by atoms with Crippen molar-refractivity contribution in [3.63, 3.8) is 0 Å². The normalized spacial score (nSPS) is 13.5. The number of ether oxygens (including phenoxy) is 2. The second-order valence-electron chi connectivity index (χ2n) is 7.60. The first-order chi connectivity index (χ1) is 15.3. The van der Waals surface area contributed by atoms with Gasteiger partial charge in [-0.2, -0.15) is 0 Å². The first-order valence-corrected chi connectivity index (χ1v) is 10.5. The van der Waals surface area contributed by atoms with Gasteiger partial charge in [0.1, 0.15) is 0 Å². The molecule has 0 atom stereocenters. The SMILES string of the molecule is COc1ccc([N+](=O)[O-])c(-c2nnc(C3=C(Cl)c4cc(C)c(C)cc4CCC3)o2)c1OC. The molecule has 8 nitrogen and oxygen atoms in total. The second-order valence-corrected chi connectivity index (χ2v) is 7.98.